The maximum absolute atomic E-state index is 13.2. The first kappa shape index (κ1) is 17.7. The quantitative estimate of drug-likeness (QED) is 0.262. The zero-order chi connectivity index (χ0) is 18.8. The summed E-state index contributed by atoms with van der Waals surface area (Å²) in [5, 5.41) is 6.95. The molecule has 0 bridgehead atoms. The van der Waals surface area contributed by atoms with Crippen LogP contribution in [0.2, 0.25) is 0 Å². The number of allylic oxidation sites excluding steroid dienone is 1. The van der Waals surface area contributed by atoms with Crippen molar-refractivity contribution in [3.8, 4) is 11.3 Å². The summed E-state index contributed by atoms with van der Waals surface area (Å²) in [5.74, 6) is 2.28. The summed E-state index contributed by atoms with van der Waals surface area (Å²) in [4.78, 5) is 22.8. The van der Waals surface area contributed by atoms with Crippen molar-refractivity contribution in [1.29, 1.82) is 0 Å². The highest BCUT2D eigenvalue weighted by Crippen LogP contribution is 2.32. The molecule has 0 saturated carbocycles. The third kappa shape index (κ3) is 3.35. The van der Waals surface area contributed by atoms with E-state index in [1.165, 1.54) is 23.1 Å². The number of furan rings is 1. The SMILES string of the molecule is C=CCn1c(SCc2nc(CC)no2)nc2scc(-c3ccco3)c2c1=O. The molecule has 138 valence electrons. The first-order valence-electron chi connectivity index (χ1n) is 8.32. The van der Waals surface area contributed by atoms with E-state index in [1.807, 2.05) is 18.4 Å². The Bertz CT molecular complexity index is 1140. The van der Waals surface area contributed by atoms with E-state index in [1.54, 1.807) is 23.0 Å². The molecule has 0 amide bonds. The van der Waals surface area contributed by atoms with E-state index >= 15 is 0 Å². The van der Waals surface area contributed by atoms with Gasteiger partial charge >= 0.3 is 0 Å². The second-order valence-corrected chi connectivity index (χ2v) is 7.45. The van der Waals surface area contributed by atoms with Crippen LogP contribution in [0.1, 0.15) is 18.6 Å². The van der Waals surface area contributed by atoms with Crippen LogP contribution in [0.25, 0.3) is 21.5 Å². The highest BCUT2D eigenvalue weighted by Gasteiger charge is 2.19. The largest absolute Gasteiger partial charge is 0.464 e. The number of thioether (sulfide) groups is 1. The Morgan fingerprint density at radius 2 is 2.30 bits per heavy atom. The number of nitrogens with zero attached hydrogens (tertiary/aromatic N) is 4. The molecule has 0 unspecified atom stereocenters. The molecule has 0 saturated heterocycles. The van der Waals surface area contributed by atoms with Crippen molar-refractivity contribution in [3.63, 3.8) is 0 Å². The molecular weight excluding hydrogens is 384 g/mol. The van der Waals surface area contributed by atoms with Crippen LogP contribution in [0.15, 0.2) is 55.3 Å². The van der Waals surface area contributed by atoms with Crippen LogP contribution in [0.4, 0.5) is 0 Å². The van der Waals surface area contributed by atoms with Gasteiger partial charge in [-0.25, -0.2) is 4.98 Å². The highest BCUT2D eigenvalue weighted by atomic mass is 32.2. The lowest BCUT2D eigenvalue weighted by Gasteiger charge is -2.09. The molecule has 4 aromatic rings. The van der Waals surface area contributed by atoms with Crippen molar-refractivity contribution in [2.24, 2.45) is 0 Å². The smallest absolute Gasteiger partial charge is 0.263 e. The predicted molar refractivity (Wildman–Crippen MR) is 105 cm³/mol. The number of thiophene rings is 1. The average Bonchev–Trinajstić information content (AvgIpc) is 3.42. The minimum Gasteiger partial charge on any atom is -0.464 e. The summed E-state index contributed by atoms with van der Waals surface area (Å²) in [5.41, 5.74) is 0.645. The Hall–Kier alpha value is -2.65. The van der Waals surface area contributed by atoms with Gasteiger partial charge in [-0.3, -0.25) is 9.36 Å². The summed E-state index contributed by atoms with van der Waals surface area (Å²) in [6.45, 7) is 6.08. The van der Waals surface area contributed by atoms with Gasteiger partial charge in [-0.1, -0.05) is 29.9 Å². The normalized spacial score (nSPS) is 11.3. The molecule has 0 fully saturated rings. The van der Waals surface area contributed by atoms with Crippen molar-refractivity contribution < 1.29 is 8.94 Å². The molecular formula is C18H16N4O3S2. The minimum atomic E-state index is -0.116. The van der Waals surface area contributed by atoms with Crippen LogP contribution >= 0.6 is 23.1 Å². The van der Waals surface area contributed by atoms with E-state index in [4.69, 9.17) is 13.9 Å². The molecule has 0 aliphatic rings. The summed E-state index contributed by atoms with van der Waals surface area (Å²) < 4.78 is 12.3. The Balaban J connectivity index is 1.75. The predicted octanol–water partition coefficient (Wildman–Crippen LogP) is 4.14. The third-order valence-corrected chi connectivity index (χ3v) is 5.74. The van der Waals surface area contributed by atoms with Crippen LogP contribution in [-0.2, 0) is 18.7 Å². The second-order valence-electron chi connectivity index (χ2n) is 5.65. The van der Waals surface area contributed by atoms with E-state index in [-0.39, 0.29) is 5.56 Å². The van der Waals surface area contributed by atoms with Gasteiger partial charge in [0.1, 0.15) is 10.6 Å². The lowest BCUT2D eigenvalue weighted by atomic mass is 10.2. The van der Waals surface area contributed by atoms with Gasteiger partial charge in [0.2, 0.25) is 5.89 Å². The van der Waals surface area contributed by atoms with Crippen molar-refractivity contribution in [2.45, 2.75) is 30.8 Å². The van der Waals surface area contributed by atoms with Gasteiger partial charge in [0.25, 0.3) is 5.56 Å². The fraction of sp³-hybridized carbons (Fsp3) is 0.222. The molecule has 0 N–H and O–H groups in total. The van der Waals surface area contributed by atoms with Gasteiger partial charge < -0.3 is 8.94 Å². The molecule has 0 aliphatic heterocycles. The fourth-order valence-electron chi connectivity index (χ4n) is 2.64. The van der Waals surface area contributed by atoms with Gasteiger partial charge in [-0.2, -0.15) is 4.98 Å². The molecule has 7 nitrogen and oxygen atoms in total. The number of fused-ring (bicyclic) bond motifs is 1. The molecule has 0 aliphatic carbocycles. The van der Waals surface area contributed by atoms with Crippen LogP contribution in [-0.4, -0.2) is 19.7 Å². The van der Waals surface area contributed by atoms with E-state index in [0.717, 1.165) is 5.56 Å². The molecule has 0 radical (unpaired) electrons. The standard InChI is InChI=1S/C18H16N4O3S2/c1-3-7-22-17(23)15-11(12-6-5-8-24-12)9-26-16(15)20-18(22)27-10-14-19-13(4-2)21-25-14/h3,5-6,8-9H,1,4,7,10H2,2H3. The number of hydrogen-bond donors (Lipinski definition) is 0. The number of aromatic nitrogens is 4. The van der Waals surface area contributed by atoms with Gasteiger partial charge in [0.15, 0.2) is 11.0 Å². The zero-order valence-electron chi connectivity index (χ0n) is 14.5. The average molecular weight is 400 g/mol. The Labute approximate surface area is 162 Å². The van der Waals surface area contributed by atoms with Crippen molar-refractivity contribution in [1.82, 2.24) is 19.7 Å². The Kier molecular flexibility index (Phi) is 4.95. The topological polar surface area (TPSA) is 86.9 Å². The van der Waals surface area contributed by atoms with Gasteiger partial charge in [0.05, 0.1) is 17.4 Å². The van der Waals surface area contributed by atoms with E-state index < -0.39 is 0 Å². The van der Waals surface area contributed by atoms with Crippen molar-refractivity contribution in [3.05, 3.63) is 58.5 Å². The maximum Gasteiger partial charge on any atom is 0.263 e. The Morgan fingerprint density at radius 3 is 3.00 bits per heavy atom. The van der Waals surface area contributed by atoms with E-state index in [2.05, 4.69) is 16.7 Å². The minimum absolute atomic E-state index is 0.116. The molecule has 0 spiro atoms. The summed E-state index contributed by atoms with van der Waals surface area (Å²) in [6, 6.07) is 3.63. The molecule has 0 atom stereocenters. The molecule has 4 rings (SSSR count). The molecule has 4 heterocycles. The van der Waals surface area contributed by atoms with Crippen molar-refractivity contribution >= 4 is 33.3 Å². The lowest BCUT2D eigenvalue weighted by Crippen LogP contribution is -2.22. The van der Waals surface area contributed by atoms with E-state index in [0.29, 0.717) is 51.6 Å². The molecule has 27 heavy (non-hydrogen) atoms. The highest BCUT2D eigenvalue weighted by molar-refractivity contribution is 7.98. The van der Waals surface area contributed by atoms with Crippen LogP contribution in [0.3, 0.4) is 0 Å². The first-order valence-corrected chi connectivity index (χ1v) is 10.2. The molecule has 0 aromatic carbocycles. The van der Waals surface area contributed by atoms with E-state index in [9.17, 15) is 4.79 Å². The van der Waals surface area contributed by atoms with Crippen molar-refractivity contribution in [2.75, 3.05) is 0 Å². The first-order chi connectivity index (χ1) is 13.2. The molecule has 9 heteroatoms. The Morgan fingerprint density at radius 1 is 1.41 bits per heavy atom. The maximum atomic E-state index is 13.2. The summed E-state index contributed by atoms with van der Waals surface area (Å²) >= 11 is 2.81. The summed E-state index contributed by atoms with van der Waals surface area (Å²) in [7, 11) is 0. The zero-order valence-corrected chi connectivity index (χ0v) is 16.2. The van der Waals surface area contributed by atoms with Crippen LogP contribution < -0.4 is 5.56 Å². The fourth-order valence-corrected chi connectivity index (χ4v) is 4.45. The van der Waals surface area contributed by atoms with Crippen LogP contribution in [0.5, 0.6) is 0 Å². The number of rotatable bonds is 7. The van der Waals surface area contributed by atoms with Gasteiger partial charge in [0, 0.05) is 23.9 Å². The monoisotopic (exact) mass is 400 g/mol. The summed E-state index contributed by atoms with van der Waals surface area (Å²) in [6.07, 6.45) is 3.98. The van der Waals surface area contributed by atoms with Gasteiger partial charge in [-0.15, -0.1) is 17.9 Å². The third-order valence-electron chi connectivity index (χ3n) is 3.91. The number of aryl methyl sites for hydroxylation is 1. The lowest BCUT2D eigenvalue weighted by molar-refractivity contribution is 0.385. The second kappa shape index (κ2) is 7.53. The number of hydrogen-bond acceptors (Lipinski definition) is 8. The molecule has 4 aromatic heterocycles. The van der Waals surface area contributed by atoms with Gasteiger partial charge in [-0.05, 0) is 12.1 Å². The van der Waals surface area contributed by atoms with Crippen LogP contribution in [0, 0.1) is 0 Å².